The fourth-order valence-electron chi connectivity index (χ4n) is 3.98. The molecule has 2 heterocycles. The summed E-state index contributed by atoms with van der Waals surface area (Å²) in [4.78, 5) is 42.1. The van der Waals surface area contributed by atoms with Crippen molar-refractivity contribution < 1.29 is 18.9 Å². The summed E-state index contributed by atoms with van der Waals surface area (Å²) >= 11 is 0. The van der Waals surface area contributed by atoms with Crippen molar-refractivity contribution in [1.29, 1.82) is 0 Å². The second kappa shape index (κ2) is 5.00. The summed E-state index contributed by atoms with van der Waals surface area (Å²) in [6, 6.07) is -0.452. The van der Waals surface area contributed by atoms with Crippen molar-refractivity contribution in [3.63, 3.8) is 0 Å². The van der Waals surface area contributed by atoms with Gasteiger partial charge in [-0.05, 0) is 25.2 Å². The number of hydrogen-bond donors (Lipinski definition) is 1. The van der Waals surface area contributed by atoms with Crippen LogP contribution in [0.2, 0.25) is 0 Å². The molecular formula is C15H16N4O4. The molecule has 23 heavy (non-hydrogen) atoms. The van der Waals surface area contributed by atoms with Crippen LogP contribution in [0.25, 0.3) is 0 Å². The molecule has 0 aromatic carbocycles. The topological polar surface area (TPSA) is 105 Å². The molecule has 1 aromatic heterocycles. The molecule has 2 fully saturated rings. The van der Waals surface area contributed by atoms with Crippen LogP contribution in [0.1, 0.15) is 25.2 Å². The van der Waals surface area contributed by atoms with E-state index in [1.807, 2.05) is 12.2 Å². The Labute approximate surface area is 131 Å². The van der Waals surface area contributed by atoms with Gasteiger partial charge in [0, 0.05) is 0 Å². The monoisotopic (exact) mass is 316 g/mol. The molecule has 0 radical (unpaired) electrons. The normalized spacial score (nSPS) is 32.5. The van der Waals surface area contributed by atoms with Crippen molar-refractivity contribution in [2.75, 3.05) is 6.54 Å². The summed E-state index contributed by atoms with van der Waals surface area (Å²) in [6.07, 6.45) is 6.11. The Morgan fingerprint density at radius 2 is 2.00 bits per heavy atom. The first-order valence-electron chi connectivity index (χ1n) is 7.65. The summed E-state index contributed by atoms with van der Waals surface area (Å²) in [5, 5.41) is 6.32. The lowest BCUT2D eigenvalue weighted by molar-refractivity contribution is -0.144. The maximum absolute atomic E-state index is 12.5. The van der Waals surface area contributed by atoms with Gasteiger partial charge in [-0.3, -0.25) is 19.3 Å². The van der Waals surface area contributed by atoms with Crippen LogP contribution >= 0.6 is 0 Å². The summed E-state index contributed by atoms with van der Waals surface area (Å²) < 4.78 is 4.63. The number of fused-ring (bicyclic) bond motifs is 5. The molecule has 8 heteroatoms. The lowest BCUT2D eigenvalue weighted by atomic mass is 9.85. The Balaban J connectivity index is 1.42. The molecule has 5 atom stereocenters. The molecule has 2 bridgehead atoms. The van der Waals surface area contributed by atoms with Crippen molar-refractivity contribution in [2.45, 2.75) is 19.4 Å². The van der Waals surface area contributed by atoms with Gasteiger partial charge in [-0.25, -0.2) is 0 Å². The molecule has 4 rings (SSSR count). The fraction of sp³-hybridized carbons (Fsp3) is 0.533. The van der Waals surface area contributed by atoms with E-state index < -0.39 is 11.9 Å². The number of imide groups is 1. The number of likely N-dealkylation sites (tertiary alicyclic amines) is 1. The van der Waals surface area contributed by atoms with Gasteiger partial charge in [0.1, 0.15) is 6.54 Å². The predicted octanol–water partition coefficient (Wildman–Crippen LogP) is 0.0539. The van der Waals surface area contributed by atoms with E-state index in [2.05, 4.69) is 20.0 Å². The van der Waals surface area contributed by atoms with Crippen molar-refractivity contribution >= 4 is 17.7 Å². The fourth-order valence-corrected chi connectivity index (χ4v) is 3.98. The third-order valence-electron chi connectivity index (χ3n) is 5.01. The highest BCUT2D eigenvalue weighted by Gasteiger charge is 2.59. The Bertz CT molecular complexity index is 668. The first-order chi connectivity index (χ1) is 11.1. The largest absolute Gasteiger partial charge is 0.345 e. The van der Waals surface area contributed by atoms with E-state index in [-0.39, 0.29) is 42.0 Å². The van der Waals surface area contributed by atoms with E-state index in [0.717, 1.165) is 11.3 Å². The molecule has 1 aliphatic heterocycles. The standard InChI is InChI=1S/C15H16N4O4/c1-7(13-16-6-23-18-13)17-10(20)5-19-14(21)11-8-2-3-9(4-8)12(11)15(19)22/h2-3,6-9,11-12H,4-5H2,1H3,(H,17,20). The maximum Gasteiger partial charge on any atom is 0.240 e. The van der Waals surface area contributed by atoms with Crippen LogP contribution in [-0.4, -0.2) is 39.3 Å². The number of nitrogens with zero attached hydrogens (tertiary/aromatic N) is 3. The van der Waals surface area contributed by atoms with Crippen LogP contribution in [0.5, 0.6) is 0 Å². The van der Waals surface area contributed by atoms with E-state index in [0.29, 0.717) is 5.82 Å². The molecule has 1 saturated heterocycles. The number of amides is 3. The van der Waals surface area contributed by atoms with Crippen molar-refractivity contribution in [2.24, 2.45) is 23.7 Å². The quantitative estimate of drug-likeness (QED) is 0.622. The maximum atomic E-state index is 12.5. The Hall–Kier alpha value is -2.51. The van der Waals surface area contributed by atoms with Gasteiger partial charge >= 0.3 is 0 Å². The highest BCUT2D eigenvalue weighted by atomic mass is 16.5. The zero-order valence-corrected chi connectivity index (χ0v) is 12.5. The molecule has 5 unspecified atom stereocenters. The second-order valence-electron chi connectivity index (χ2n) is 6.34. The molecule has 1 aromatic rings. The summed E-state index contributed by atoms with van der Waals surface area (Å²) in [7, 11) is 0. The van der Waals surface area contributed by atoms with Crippen LogP contribution in [0, 0.1) is 23.7 Å². The van der Waals surface area contributed by atoms with E-state index in [1.54, 1.807) is 6.92 Å². The van der Waals surface area contributed by atoms with Crippen LogP contribution in [0.4, 0.5) is 0 Å². The number of allylic oxidation sites excluding steroid dienone is 2. The minimum atomic E-state index is -0.452. The number of hydrogen-bond acceptors (Lipinski definition) is 6. The number of nitrogens with one attached hydrogen (secondary N) is 1. The zero-order valence-electron chi connectivity index (χ0n) is 12.5. The van der Waals surface area contributed by atoms with Gasteiger partial charge < -0.3 is 9.84 Å². The Kier molecular flexibility index (Phi) is 3.07. The number of aromatic nitrogens is 2. The van der Waals surface area contributed by atoms with Crippen LogP contribution in [-0.2, 0) is 14.4 Å². The highest BCUT2D eigenvalue weighted by molar-refractivity contribution is 6.08. The lowest BCUT2D eigenvalue weighted by Gasteiger charge is -2.18. The number of carbonyl (C=O) groups excluding carboxylic acids is 3. The minimum absolute atomic E-state index is 0.146. The average molecular weight is 316 g/mol. The molecule has 1 N–H and O–H groups in total. The molecule has 8 nitrogen and oxygen atoms in total. The summed E-state index contributed by atoms with van der Waals surface area (Å²) in [5.41, 5.74) is 0. The smallest absolute Gasteiger partial charge is 0.240 e. The average Bonchev–Trinajstić information content (AvgIpc) is 3.28. The third kappa shape index (κ3) is 2.08. The Morgan fingerprint density at radius 1 is 1.35 bits per heavy atom. The lowest BCUT2D eigenvalue weighted by Crippen LogP contribution is -2.42. The number of carbonyl (C=O) groups is 3. The van der Waals surface area contributed by atoms with Gasteiger partial charge in [0.25, 0.3) is 0 Å². The summed E-state index contributed by atoms with van der Waals surface area (Å²) in [6.45, 7) is 1.45. The van der Waals surface area contributed by atoms with Crippen LogP contribution < -0.4 is 5.32 Å². The molecule has 3 aliphatic rings. The van der Waals surface area contributed by atoms with Gasteiger partial charge in [0.2, 0.25) is 24.1 Å². The van der Waals surface area contributed by atoms with Gasteiger partial charge in [-0.15, -0.1) is 0 Å². The zero-order chi connectivity index (χ0) is 16.1. The molecule has 1 saturated carbocycles. The van der Waals surface area contributed by atoms with E-state index >= 15 is 0 Å². The SMILES string of the molecule is CC(NC(=O)CN1C(=O)C2C3C=CC(C3)C2C1=O)c1ncon1. The van der Waals surface area contributed by atoms with Crippen molar-refractivity contribution in [3.05, 3.63) is 24.4 Å². The van der Waals surface area contributed by atoms with E-state index in [4.69, 9.17) is 0 Å². The molecule has 3 amide bonds. The predicted molar refractivity (Wildman–Crippen MR) is 75.3 cm³/mol. The first kappa shape index (κ1) is 14.1. The second-order valence-corrected chi connectivity index (χ2v) is 6.34. The van der Waals surface area contributed by atoms with E-state index in [1.165, 1.54) is 6.39 Å². The van der Waals surface area contributed by atoms with Gasteiger partial charge in [0.05, 0.1) is 17.9 Å². The molecule has 0 spiro atoms. The van der Waals surface area contributed by atoms with Crippen LogP contribution in [0.15, 0.2) is 23.1 Å². The highest BCUT2D eigenvalue weighted by Crippen LogP contribution is 2.52. The molecule has 2 aliphatic carbocycles. The Morgan fingerprint density at radius 3 is 2.57 bits per heavy atom. The third-order valence-corrected chi connectivity index (χ3v) is 5.01. The van der Waals surface area contributed by atoms with E-state index in [9.17, 15) is 14.4 Å². The minimum Gasteiger partial charge on any atom is -0.345 e. The molecular weight excluding hydrogens is 300 g/mol. The summed E-state index contributed by atoms with van der Waals surface area (Å²) in [5.74, 6) is -0.778. The first-order valence-corrected chi connectivity index (χ1v) is 7.65. The van der Waals surface area contributed by atoms with Crippen LogP contribution in [0.3, 0.4) is 0 Å². The van der Waals surface area contributed by atoms with Gasteiger partial charge in [-0.2, -0.15) is 4.98 Å². The van der Waals surface area contributed by atoms with Crippen molar-refractivity contribution in [3.8, 4) is 0 Å². The van der Waals surface area contributed by atoms with Gasteiger partial charge in [0.15, 0.2) is 5.82 Å². The van der Waals surface area contributed by atoms with Gasteiger partial charge in [-0.1, -0.05) is 17.3 Å². The number of rotatable bonds is 4. The van der Waals surface area contributed by atoms with Crippen molar-refractivity contribution in [1.82, 2.24) is 20.4 Å². The molecule has 120 valence electrons.